The molecule has 0 bridgehead atoms. The van der Waals surface area contributed by atoms with Crippen molar-refractivity contribution in [2.24, 2.45) is 0 Å². The standard InChI is InChI=1S/C22H28N4O2/c1-3-25(4-2)21(27)19-11-8-12-20(23-19)22(28)26-15-13-24(14-16-26)17-18-9-6-5-7-10-18/h5-12H,3-4,13-17H2,1-2H3. The highest BCUT2D eigenvalue weighted by atomic mass is 16.2. The van der Waals surface area contributed by atoms with Crippen LogP contribution in [-0.4, -0.2) is 70.8 Å². The summed E-state index contributed by atoms with van der Waals surface area (Å²) >= 11 is 0. The van der Waals surface area contributed by atoms with Crippen LogP contribution in [0.1, 0.15) is 40.4 Å². The number of rotatable bonds is 6. The summed E-state index contributed by atoms with van der Waals surface area (Å²) in [5.41, 5.74) is 1.96. The maximum Gasteiger partial charge on any atom is 0.272 e. The molecule has 2 amide bonds. The largest absolute Gasteiger partial charge is 0.338 e. The second-order valence-corrected chi connectivity index (χ2v) is 6.94. The van der Waals surface area contributed by atoms with E-state index >= 15 is 0 Å². The van der Waals surface area contributed by atoms with Crippen molar-refractivity contribution in [2.45, 2.75) is 20.4 Å². The molecule has 1 aromatic heterocycles. The van der Waals surface area contributed by atoms with E-state index < -0.39 is 0 Å². The third-order valence-electron chi connectivity index (χ3n) is 5.15. The minimum absolute atomic E-state index is 0.103. The van der Waals surface area contributed by atoms with Gasteiger partial charge in [0, 0.05) is 45.8 Å². The molecule has 1 aliphatic rings. The lowest BCUT2D eigenvalue weighted by Gasteiger charge is -2.34. The molecule has 0 saturated carbocycles. The van der Waals surface area contributed by atoms with Crippen LogP contribution in [0.4, 0.5) is 0 Å². The van der Waals surface area contributed by atoms with Gasteiger partial charge in [0.2, 0.25) is 0 Å². The van der Waals surface area contributed by atoms with E-state index in [1.165, 1.54) is 5.56 Å². The summed E-state index contributed by atoms with van der Waals surface area (Å²) in [6, 6.07) is 15.5. The number of aromatic nitrogens is 1. The summed E-state index contributed by atoms with van der Waals surface area (Å²) in [4.78, 5) is 35.6. The van der Waals surface area contributed by atoms with Gasteiger partial charge in [0.1, 0.15) is 11.4 Å². The van der Waals surface area contributed by atoms with E-state index in [1.807, 2.05) is 36.9 Å². The fourth-order valence-electron chi connectivity index (χ4n) is 3.46. The van der Waals surface area contributed by atoms with E-state index in [2.05, 4.69) is 22.0 Å². The van der Waals surface area contributed by atoms with Crippen LogP contribution in [0.2, 0.25) is 0 Å². The molecule has 2 heterocycles. The highest BCUT2D eigenvalue weighted by Crippen LogP contribution is 2.12. The smallest absolute Gasteiger partial charge is 0.272 e. The highest BCUT2D eigenvalue weighted by molar-refractivity contribution is 5.96. The van der Waals surface area contributed by atoms with Gasteiger partial charge in [0.05, 0.1) is 0 Å². The van der Waals surface area contributed by atoms with E-state index in [-0.39, 0.29) is 11.8 Å². The predicted octanol–water partition coefficient (Wildman–Crippen LogP) is 2.52. The first kappa shape index (κ1) is 20.0. The SMILES string of the molecule is CCN(CC)C(=O)c1cccc(C(=O)N2CCN(Cc3ccccc3)CC2)n1. The fraction of sp³-hybridized carbons (Fsp3) is 0.409. The number of carbonyl (C=O) groups is 2. The van der Waals surface area contributed by atoms with Gasteiger partial charge in [-0.05, 0) is 31.5 Å². The van der Waals surface area contributed by atoms with Crippen LogP contribution >= 0.6 is 0 Å². The van der Waals surface area contributed by atoms with Gasteiger partial charge in [-0.2, -0.15) is 0 Å². The quantitative estimate of drug-likeness (QED) is 0.773. The second kappa shape index (κ2) is 9.46. The molecular weight excluding hydrogens is 352 g/mol. The van der Waals surface area contributed by atoms with Crippen molar-refractivity contribution in [2.75, 3.05) is 39.3 Å². The molecule has 28 heavy (non-hydrogen) atoms. The zero-order chi connectivity index (χ0) is 19.9. The number of carbonyl (C=O) groups excluding carboxylic acids is 2. The number of hydrogen-bond donors (Lipinski definition) is 0. The van der Waals surface area contributed by atoms with Gasteiger partial charge >= 0.3 is 0 Å². The van der Waals surface area contributed by atoms with Gasteiger partial charge in [0.25, 0.3) is 11.8 Å². The Labute approximate surface area is 166 Å². The lowest BCUT2D eigenvalue weighted by atomic mass is 10.2. The van der Waals surface area contributed by atoms with Crippen LogP contribution < -0.4 is 0 Å². The molecule has 0 unspecified atom stereocenters. The summed E-state index contributed by atoms with van der Waals surface area (Å²) in [5.74, 6) is -0.235. The first-order valence-corrected chi connectivity index (χ1v) is 9.94. The van der Waals surface area contributed by atoms with Crippen LogP contribution in [0, 0.1) is 0 Å². The van der Waals surface area contributed by atoms with E-state index in [9.17, 15) is 9.59 Å². The Morgan fingerprint density at radius 3 is 2.18 bits per heavy atom. The van der Waals surface area contributed by atoms with Crippen molar-refractivity contribution in [3.8, 4) is 0 Å². The first-order valence-electron chi connectivity index (χ1n) is 9.94. The number of amides is 2. The molecule has 3 rings (SSSR count). The second-order valence-electron chi connectivity index (χ2n) is 6.94. The van der Waals surface area contributed by atoms with E-state index in [1.54, 1.807) is 23.1 Å². The predicted molar refractivity (Wildman–Crippen MR) is 109 cm³/mol. The highest BCUT2D eigenvalue weighted by Gasteiger charge is 2.24. The van der Waals surface area contributed by atoms with Crippen LogP contribution in [0.25, 0.3) is 0 Å². The maximum atomic E-state index is 12.9. The number of hydrogen-bond acceptors (Lipinski definition) is 4. The Morgan fingerprint density at radius 1 is 0.893 bits per heavy atom. The molecule has 0 radical (unpaired) electrons. The normalized spacial score (nSPS) is 14.7. The fourth-order valence-corrected chi connectivity index (χ4v) is 3.46. The molecule has 0 aliphatic carbocycles. The van der Waals surface area contributed by atoms with Gasteiger partial charge in [-0.3, -0.25) is 14.5 Å². The van der Waals surface area contributed by atoms with Crippen molar-refractivity contribution in [3.05, 3.63) is 65.5 Å². The van der Waals surface area contributed by atoms with Crippen LogP contribution in [0.15, 0.2) is 48.5 Å². The summed E-state index contributed by atoms with van der Waals surface area (Å²) < 4.78 is 0. The Balaban J connectivity index is 1.61. The Bertz CT molecular complexity index is 797. The first-order chi connectivity index (χ1) is 13.6. The topological polar surface area (TPSA) is 56.8 Å². The lowest BCUT2D eigenvalue weighted by molar-refractivity contribution is 0.0622. The number of benzene rings is 1. The van der Waals surface area contributed by atoms with Crippen molar-refractivity contribution < 1.29 is 9.59 Å². The number of piperazine rings is 1. The number of nitrogens with zero attached hydrogens (tertiary/aromatic N) is 4. The maximum absolute atomic E-state index is 12.9. The van der Waals surface area contributed by atoms with E-state index in [0.717, 1.165) is 19.6 Å². The number of pyridine rings is 1. The minimum atomic E-state index is -0.132. The van der Waals surface area contributed by atoms with Crippen LogP contribution in [0.5, 0.6) is 0 Å². The Morgan fingerprint density at radius 2 is 1.54 bits per heavy atom. The molecular formula is C22H28N4O2. The van der Waals surface area contributed by atoms with E-state index in [4.69, 9.17) is 0 Å². The van der Waals surface area contributed by atoms with E-state index in [0.29, 0.717) is 37.6 Å². The third kappa shape index (κ3) is 4.75. The van der Waals surface area contributed by atoms with Crippen molar-refractivity contribution in [1.82, 2.24) is 19.7 Å². The molecule has 6 heteroatoms. The van der Waals surface area contributed by atoms with Crippen molar-refractivity contribution >= 4 is 11.8 Å². The Kier molecular flexibility index (Phi) is 6.76. The van der Waals surface area contributed by atoms with Gasteiger partial charge < -0.3 is 9.80 Å². The molecule has 1 saturated heterocycles. The molecule has 2 aromatic rings. The molecule has 0 N–H and O–H groups in total. The average Bonchev–Trinajstić information content (AvgIpc) is 2.75. The minimum Gasteiger partial charge on any atom is -0.338 e. The molecule has 0 spiro atoms. The van der Waals surface area contributed by atoms with Gasteiger partial charge in [-0.15, -0.1) is 0 Å². The molecule has 6 nitrogen and oxygen atoms in total. The molecule has 1 aliphatic heterocycles. The summed E-state index contributed by atoms with van der Waals surface area (Å²) in [7, 11) is 0. The van der Waals surface area contributed by atoms with Gasteiger partial charge in [-0.25, -0.2) is 4.98 Å². The average molecular weight is 380 g/mol. The van der Waals surface area contributed by atoms with Gasteiger partial charge in [0.15, 0.2) is 0 Å². The zero-order valence-electron chi connectivity index (χ0n) is 16.7. The molecule has 1 aromatic carbocycles. The molecule has 0 atom stereocenters. The lowest BCUT2D eigenvalue weighted by Crippen LogP contribution is -2.48. The summed E-state index contributed by atoms with van der Waals surface area (Å²) in [5, 5.41) is 0. The van der Waals surface area contributed by atoms with Crippen molar-refractivity contribution in [1.29, 1.82) is 0 Å². The zero-order valence-corrected chi connectivity index (χ0v) is 16.7. The van der Waals surface area contributed by atoms with Crippen LogP contribution in [-0.2, 0) is 6.54 Å². The summed E-state index contributed by atoms with van der Waals surface area (Å²) in [6.07, 6.45) is 0. The molecule has 148 valence electrons. The third-order valence-corrected chi connectivity index (χ3v) is 5.15. The van der Waals surface area contributed by atoms with Crippen molar-refractivity contribution in [3.63, 3.8) is 0 Å². The van der Waals surface area contributed by atoms with Gasteiger partial charge in [-0.1, -0.05) is 36.4 Å². The Hall–Kier alpha value is -2.73. The monoisotopic (exact) mass is 380 g/mol. The van der Waals surface area contributed by atoms with Crippen LogP contribution in [0.3, 0.4) is 0 Å². The molecule has 1 fully saturated rings. The summed E-state index contributed by atoms with van der Waals surface area (Å²) in [6.45, 7) is 9.02.